The summed E-state index contributed by atoms with van der Waals surface area (Å²) in [7, 11) is -6.33. The van der Waals surface area contributed by atoms with E-state index in [1.807, 2.05) is 0 Å². The van der Waals surface area contributed by atoms with Crippen molar-refractivity contribution in [3.8, 4) is 17.2 Å². The maximum absolute atomic E-state index is 13.9. The second kappa shape index (κ2) is 9.55. The third-order valence-corrected chi connectivity index (χ3v) is 9.50. The quantitative estimate of drug-likeness (QED) is 0.482. The Balaban J connectivity index is 2.35. The minimum Gasteiger partial charge on any atom is -0.508 e. The SMILES string of the molecule is COc1ccc(S(=O)(=O)N(c2cc(C)c(O)cc2C(C)C)S(=O)(=O)c2ccc(OC)cc2)cc1. The number of hydrogen-bond donors (Lipinski definition) is 1. The van der Waals surface area contributed by atoms with Gasteiger partial charge in [-0.3, -0.25) is 0 Å². The van der Waals surface area contributed by atoms with Gasteiger partial charge in [-0.15, -0.1) is 0 Å². The van der Waals surface area contributed by atoms with Crippen molar-refractivity contribution >= 4 is 25.7 Å². The first-order chi connectivity index (χ1) is 15.9. The predicted octanol–water partition coefficient (Wildman–Crippen LogP) is 4.43. The molecular weight excluding hydrogens is 478 g/mol. The van der Waals surface area contributed by atoms with E-state index in [0.29, 0.717) is 26.3 Å². The molecule has 0 atom stereocenters. The first kappa shape index (κ1) is 25.4. The van der Waals surface area contributed by atoms with Gasteiger partial charge in [-0.05, 0) is 84.6 Å². The fourth-order valence-electron chi connectivity index (χ4n) is 3.39. The average molecular weight is 506 g/mol. The van der Waals surface area contributed by atoms with Crippen LogP contribution in [0, 0.1) is 6.92 Å². The van der Waals surface area contributed by atoms with Crippen LogP contribution in [0.15, 0.2) is 70.5 Å². The third-order valence-electron chi connectivity index (χ3n) is 5.32. The molecule has 34 heavy (non-hydrogen) atoms. The molecule has 0 heterocycles. The highest BCUT2D eigenvalue weighted by Crippen LogP contribution is 2.39. The summed E-state index contributed by atoms with van der Waals surface area (Å²) < 4.78 is 66.1. The summed E-state index contributed by atoms with van der Waals surface area (Å²) in [6.45, 7) is 5.14. The summed E-state index contributed by atoms with van der Waals surface area (Å²) in [4.78, 5) is -0.461. The summed E-state index contributed by atoms with van der Waals surface area (Å²) in [5.41, 5.74) is 0.633. The molecule has 0 fully saturated rings. The molecule has 0 unspecified atom stereocenters. The number of methoxy groups -OCH3 is 2. The van der Waals surface area contributed by atoms with Crippen molar-refractivity contribution in [3.05, 3.63) is 71.8 Å². The lowest BCUT2D eigenvalue weighted by molar-refractivity contribution is 0.414. The Labute approximate surface area is 200 Å². The highest BCUT2D eigenvalue weighted by Gasteiger charge is 2.39. The monoisotopic (exact) mass is 505 g/mol. The highest BCUT2D eigenvalue weighted by molar-refractivity contribution is 8.10. The molecule has 3 aromatic carbocycles. The minimum atomic E-state index is -4.61. The lowest BCUT2D eigenvalue weighted by Crippen LogP contribution is -2.38. The number of anilines is 1. The van der Waals surface area contributed by atoms with Gasteiger partial charge in [0, 0.05) is 0 Å². The van der Waals surface area contributed by atoms with Crippen molar-refractivity contribution < 1.29 is 31.4 Å². The molecule has 10 heteroatoms. The standard InChI is InChI=1S/C24H27NO7S2/c1-16(2)22-15-24(26)17(3)14-23(22)25(33(27,28)20-10-6-18(31-4)7-11-20)34(29,30)21-12-8-19(32-5)9-13-21/h6-16,26H,1-5H3. The van der Waals surface area contributed by atoms with Crippen LogP contribution in [0.4, 0.5) is 5.69 Å². The van der Waals surface area contributed by atoms with Crippen LogP contribution in [0.25, 0.3) is 0 Å². The van der Waals surface area contributed by atoms with Crippen molar-refractivity contribution in [1.29, 1.82) is 0 Å². The Morgan fingerprint density at radius 3 is 1.53 bits per heavy atom. The van der Waals surface area contributed by atoms with E-state index in [1.54, 1.807) is 20.8 Å². The summed E-state index contributed by atoms with van der Waals surface area (Å²) in [6.07, 6.45) is 0. The maximum atomic E-state index is 13.9. The van der Waals surface area contributed by atoms with Crippen LogP contribution >= 0.6 is 0 Å². The van der Waals surface area contributed by atoms with Crippen molar-refractivity contribution in [2.45, 2.75) is 36.5 Å². The average Bonchev–Trinajstić information content (AvgIpc) is 2.80. The van der Waals surface area contributed by atoms with Crippen LogP contribution < -0.4 is 13.2 Å². The molecule has 3 rings (SSSR count). The van der Waals surface area contributed by atoms with Crippen molar-refractivity contribution in [1.82, 2.24) is 0 Å². The molecular formula is C24H27NO7S2. The van der Waals surface area contributed by atoms with Crippen molar-refractivity contribution in [2.24, 2.45) is 0 Å². The summed E-state index contributed by atoms with van der Waals surface area (Å²) in [5, 5.41) is 10.3. The Bertz CT molecular complexity index is 1300. The van der Waals surface area contributed by atoms with Crippen LogP contribution in [-0.2, 0) is 20.0 Å². The lowest BCUT2D eigenvalue weighted by atomic mass is 9.99. The minimum absolute atomic E-state index is 0.0584. The van der Waals surface area contributed by atoms with Gasteiger partial charge in [-0.1, -0.05) is 13.8 Å². The molecule has 0 radical (unpaired) electrons. The van der Waals surface area contributed by atoms with Gasteiger partial charge in [-0.2, -0.15) is 3.71 Å². The maximum Gasteiger partial charge on any atom is 0.277 e. The first-order valence-corrected chi connectivity index (χ1v) is 13.2. The number of rotatable bonds is 8. The number of phenolic OH excluding ortho intramolecular Hbond substituents is 1. The molecule has 0 aliphatic carbocycles. The van der Waals surface area contributed by atoms with Gasteiger partial charge in [0.1, 0.15) is 17.2 Å². The Kier molecular flexibility index (Phi) is 7.13. The number of aromatic hydroxyl groups is 1. The van der Waals surface area contributed by atoms with Crippen molar-refractivity contribution in [3.63, 3.8) is 0 Å². The fraction of sp³-hybridized carbons (Fsp3) is 0.250. The van der Waals surface area contributed by atoms with Crippen molar-refractivity contribution in [2.75, 3.05) is 17.9 Å². The molecule has 0 saturated carbocycles. The van der Waals surface area contributed by atoms with Crippen LogP contribution in [0.5, 0.6) is 17.2 Å². The molecule has 0 bridgehead atoms. The zero-order chi connectivity index (χ0) is 25.3. The van der Waals surface area contributed by atoms with Gasteiger partial charge in [0.25, 0.3) is 20.0 Å². The first-order valence-electron chi connectivity index (χ1n) is 10.4. The molecule has 8 nitrogen and oxygen atoms in total. The second-order valence-electron chi connectivity index (χ2n) is 7.91. The van der Waals surface area contributed by atoms with Gasteiger partial charge < -0.3 is 14.6 Å². The van der Waals surface area contributed by atoms with Gasteiger partial charge in [0.2, 0.25) is 0 Å². The number of ether oxygens (including phenoxy) is 2. The molecule has 0 amide bonds. The summed E-state index contributed by atoms with van der Waals surface area (Å²) in [5.74, 6) is 0.496. The van der Waals surface area contributed by atoms with E-state index in [4.69, 9.17) is 9.47 Å². The molecule has 0 aromatic heterocycles. The number of sulfonamides is 2. The molecule has 0 aliphatic rings. The number of nitrogens with zero attached hydrogens (tertiary/aromatic N) is 1. The van der Waals surface area contributed by atoms with Crippen LogP contribution in [-0.4, -0.2) is 36.2 Å². The van der Waals surface area contributed by atoms with E-state index < -0.39 is 20.0 Å². The fourth-order valence-corrected chi connectivity index (χ4v) is 7.12. The smallest absolute Gasteiger partial charge is 0.277 e. The largest absolute Gasteiger partial charge is 0.508 e. The van der Waals surface area contributed by atoms with E-state index in [1.165, 1.54) is 74.9 Å². The van der Waals surface area contributed by atoms with Crippen LogP contribution in [0.1, 0.15) is 30.9 Å². The zero-order valence-electron chi connectivity index (χ0n) is 19.5. The van der Waals surface area contributed by atoms with Gasteiger partial charge in [-0.25, -0.2) is 16.8 Å². The molecule has 0 saturated heterocycles. The topological polar surface area (TPSA) is 110 Å². The van der Waals surface area contributed by atoms with Gasteiger partial charge >= 0.3 is 0 Å². The summed E-state index contributed by atoms with van der Waals surface area (Å²) >= 11 is 0. The Morgan fingerprint density at radius 1 is 0.765 bits per heavy atom. The van der Waals surface area contributed by atoms with E-state index in [0.717, 1.165) is 0 Å². The van der Waals surface area contributed by atoms with Gasteiger partial charge in [0.15, 0.2) is 0 Å². The highest BCUT2D eigenvalue weighted by atomic mass is 32.3. The molecule has 3 aromatic rings. The normalized spacial score (nSPS) is 11.9. The number of benzene rings is 3. The second-order valence-corrected chi connectivity index (χ2v) is 11.7. The third kappa shape index (κ3) is 4.69. The van der Waals surface area contributed by atoms with E-state index in [-0.39, 0.29) is 27.1 Å². The number of aryl methyl sites for hydroxylation is 1. The van der Waals surface area contributed by atoms with E-state index in [9.17, 15) is 21.9 Å². The zero-order valence-corrected chi connectivity index (χ0v) is 21.1. The molecule has 182 valence electrons. The number of phenols is 1. The van der Waals surface area contributed by atoms with Crippen LogP contribution in [0.3, 0.4) is 0 Å². The number of hydrogen-bond acceptors (Lipinski definition) is 7. The predicted molar refractivity (Wildman–Crippen MR) is 130 cm³/mol. The molecule has 0 spiro atoms. The molecule has 1 N–H and O–H groups in total. The summed E-state index contributed by atoms with van der Waals surface area (Å²) in [6, 6.07) is 13.7. The van der Waals surface area contributed by atoms with E-state index >= 15 is 0 Å². The Hall–Kier alpha value is -3.24. The van der Waals surface area contributed by atoms with Crippen LogP contribution in [0.2, 0.25) is 0 Å². The lowest BCUT2D eigenvalue weighted by Gasteiger charge is -2.28. The molecule has 0 aliphatic heterocycles. The van der Waals surface area contributed by atoms with Gasteiger partial charge in [0.05, 0.1) is 29.7 Å². The Morgan fingerprint density at radius 2 is 1.18 bits per heavy atom. The van der Waals surface area contributed by atoms with E-state index in [2.05, 4.69) is 0 Å².